The lowest BCUT2D eigenvalue weighted by atomic mass is 9.80. The van der Waals surface area contributed by atoms with Crippen molar-refractivity contribution in [1.29, 1.82) is 0 Å². The lowest BCUT2D eigenvalue weighted by Gasteiger charge is -2.32. The zero-order valence-corrected chi connectivity index (χ0v) is 9.12. The van der Waals surface area contributed by atoms with Crippen molar-refractivity contribution < 1.29 is 4.39 Å². The molecule has 2 N–H and O–H groups in total. The molecule has 15 heavy (non-hydrogen) atoms. The Balaban J connectivity index is 2.03. The van der Waals surface area contributed by atoms with Crippen molar-refractivity contribution in [3.63, 3.8) is 0 Å². The smallest absolute Gasteiger partial charge is 0.116 e. The Labute approximate surface area is 89.5 Å². The molecule has 1 aliphatic carbocycles. The largest absolute Gasteiger partial charge is 0.328 e. The summed E-state index contributed by atoms with van der Waals surface area (Å²) >= 11 is 0. The first-order chi connectivity index (χ1) is 7.07. The van der Waals surface area contributed by atoms with Crippen molar-refractivity contribution in [2.75, 3.05) is 0 Å². The molecule has 4 heteroatoms. The molecule has 1 saturated carbocycles. The molecule has 0 aliphatic heterocycles. The lowest BCUT2D eigenvalue weighted by molar-refractivity contribution is 0.0965. The normalized spacial score (nSPS) is 31.8. The van der Waals surface area contributed by atoms with Crippen LogP contribution in [0.25, 0.3) is 0 Å². The van der Waals surface area contributed by atoms with Gasteiger partial charge in [-0.2, -0.15) is 5.10 Å². The van der Waals surface area contributed by atoms with E-state index in [0.29, 0.717) is 19.3 Å². The van der Waals surface area contributed by atoms with E-state index in [1.165, 1.54) is 0 Å². The molecular weight excluding hydrogens is 193 g/mol. The number of nitrogens with two attached hydrogens (primary N) is 1. The second-order valence-corrected chi connectivity index (χ2v) is 4.71. The Hall–Kier alpha value is -0.900. The second-order valence-electron chi connectivity index (χ2n) is 4.71. The van der Waals surface area contributed by atoms with Crippen molar-refractivity contribution in [3.8, 4) is 0 Å². The number of rotatable bonds is 2. The molecule has 0 radical (unpaired) electrons. The average Bonchev–Trinajstić information content (AvgIpc) is 2.49. The summed E-state index contributed by atoms with van der Waals surface area (Å²) in [6, 6.07) is 0.0282. The fourth-order valence-corrected chi connectivity index (χ4v) is 2.44. The summed E-state index contributed by atoms with van der Waals surface area (Å²) in [5.41, 5.74) is 5.66. The minimum Gasteiger partial charge on any atom is -0.328 e. The Morgan fingerprint density at radius 3 is 3.13 bits per heavy atom. The summed E-state index contributed by atoms with van der Waals surface area (Å²) in [6.45, 7) is 0. The van der Waals surface area contributed by atoms with Gasteiger partial charge < -0.3 is 5.73 Å². The van der Waals surface area contributed by atoms with Crippen molar-refractivity contribution in [2.24, 2.45) is 12.8 Å². The summed E-state index contributed by atoms with van der Waals surface area (Å²) < 4.78 is 16.1. The van der Waals surface area contributed by atoms with E-state index in [-0.39, 0.29) is 6.04 Å². The summed E-state index contributed by atoms with van der Waals surface area (Å²) in [5.74, 6) is 0. The van der Waals surface area contributed by atoms with Crippen LogP contribution in [0.5, 0.6) is 0 Å². The van der Waals surface area contributed by atoms with E-state index >= 15 is 0 Å². The summed E-state index contributed by atoms with van der Waals surface area (Å²) in [5, 5.41) is 4.05. The van der Waals surface area contributed by atoms with E-state index < -0.39 is 5.67 Å². The van der Waals surface area contributed by atoms with Gasteiger partial charge in [0.2, 0.25) is 0 Å². The number of alkyl halides is 1. The molecule has 1 aromatic rings. The standard InChI is InChI=1S/C11H18FN3/c1-15-8-9(7-14-15)5-11(12)4-2-3-10(13)6-11/h7-8,10H,2-6,13H2,1H3. The highest BCUT2D eigenvalue weighted by Gasteiger charge is 2.35. The Kier molecular flexibility index (Phi) is 2.78. The molecule has 2 atom stereocenters. The molecule has 0 aromatic carbocycles. The maximum absolute atomic E-state index is 14.4. The van der Waals surface area contributed by atoms with Gasteiger partial charge >= 0.3 is 0 Å². The molecule has 0 amide bonds. The highest BCUT2D eigenvalue weighted by atomic mass is 19.1. The van der Waals surface area contributed by atoms with Crippen LogP contribution in [0, 0.1) is 0 Å². The van der Waals surface area contributed by atoms with Crippen LogP contribution in [0.1, 0.15) is 31.2 Å². The first-order valence-electron chi connectivity index (χ1n) is 5.49. The minimum absolute atomic E-state index is 0.0282. The molecule has 0 saturated heterocycles. The molecule has 1 fully saturated rings. The van der Waals surface area contributed by atoms with Gasteiger partial charge in [0.25, 0.3) is 0 Å². The number of halogens is 1. The Bertz CT molecular complexity index is 336. The predicted molar refractivity (Wildman–Crippen MR) is 57.2 cm³/mol. The first kappa shape index (κ1) is 10.6. The maximum Gasteiger partial charge on any atom is 0.116 e. The third-order valence-corrected chi connectivity index (χ3v) is 3.11. The number of hydrogen-bond acceptors (Lipinski definition) is 2. The summed E-state index contributed by atoms with van der Waals surface area (Å²) in [4.78, 5) is 0. The van der Waals surface area contributed by atoms with Gasteiger partial charge in [-0.1, -0.05) is 0 Å². The van der Waals surface area contributed by atoms with Gasteiger partial charge in [0.1, 0.15) is 5.67 Å². The van der Waals surface area contributed by atoms with Crippen LogP contribution in [-0.2, 0) is 13.5 Å². The van der Waals surface area contributed by atoms with Gasteiger partial charge in [-0.05, 0) is 31.2 Å². The SMILES string of the molecule is Cn1cc(CC2(F)CCCC(N)C2)cn1. The van der Waals surface area contributed by atoms with Crippen LogP contribution in [0.15, 0.2) is 12.4 Å². The fraction of sp³-hybridized carbons (Fsp3) is 0.727. The molecule has 0 bridgehead atoms. The highest BCUT2D eigenvalue weighted by Crippen LogP contribution is 2.34. The van der Waals surface area contributed by atoms with Crippen LogP contribution >= 0.6 is 0 Å². The maximum atomic E-state index is 14.4. The van der Waals surface area contributed by atoms with E-state index in [9.17, 15) is 4.39 Å². The van der Waals surface area contributed by atoms with Crippen molar-refractivity contribution in [2.45, 2.75) is 43.8 Å². The van der Waals surface area contributed by atoms with Gasteiger partial charge in [-0.25, -0.2) is 4.39 Å². The van der Waals surface area contributed by atoms with Crippen LogP contribution in [0.4, 0.5) is 4.39 Å². The van der Waals surface area contributed by atoms with Gasteiger partial charge in [0.05, 0.1) is 6.20 Å². The highest BCUT2D eigenvalue weighted by molar-refractivity contribution is 5.09. The summed E-state index contributed by atoms with van der Waals surface area (Å²) in [6.07, 6.45) is 7.05. The van der Waals surface area contributed by atoms with Gasteiger partial charge in [0.15, 0.2) is 0 Å². The monoisotopic (exact) mass is 211 g/mol. The Morgan fingerprint density at radius 2 is 2.53 bits per heavy atom. The molecule has 1 aliphatic rings. The van der Waals surface area contributed by atoms with Crippen LogP contribution in [0.2, 0.25) is 0 Å². The molecule has 1 heterocycles. The quantitative estimate of drug-likeness (QED) is 0.807. The van der Waals surface area contributed by atoms with Gasteiger partial charge in [0, 0.05) is 25.7 Å². The lowest BCUT2D eigenvalue weighted by Crippen LogP contribution is -2.39. The molecule has 3 nitrogen and oxygen atoms in total. The van der Waals surface area contributed by atoms with Crippen LogP contribution in [0.3, 0.4) is 0 Å². The van der Waals surface area contributed by atoms with Crippen LogP contribution < -0.4 is 5.73 Å². The number of aromatic nitrogens is 2. The zero-order chi connectivity index (χ0) is 10.9. The van der Waals surface area contributed by atoms with E-state index in [0.717, 1.165) is 18.4 Å². The van der Waals surface area contributed by atoms with Crippen molar-refractivity contribution in [3.05, 3.63) is 18.0 Å². The number of hydrogen-bond donors (Lipinski definition) is 1. The third kappa shape index (κ3) is 2.56. The van der Waals surface area contributed by atoms with E-state index in [1.54, 1.807) is 10.9 Å². The zero-order valence-electron chi connectivity index (χ0n) is 9.12. The fourth-order valence-electron chi connectivity index (χ4n) is 2.44. The Morgan fingerprint density at radius 1 is 1.73 bits per heavy atom. The van der Waals surface area contributed by atoms with E-state index in [1.807, 2.05) is 13.2 Å². The third-order valence-electron chi connectivity index (χ3n) is 3.11. The van der Waals surface area contributed by atoms with Gasteiger partial charge in [-0.15, -0.1) is 0 Å². The summed E-state index contributed by atoms with van der Waals surface area (Å²) in [7, 11) is 1.85. The average molecular weight is 211 g/mol. The molecule has 0 spiro atoms. The molecule has 2 unspecified atom stereocenters. The molecule has 2 rings (SSSR count). The van der Waals surface area contributed by atoms with E-state index in [4.69, 9.17) is 5.73 Å². The second kappa shape index (κ2) is 3.93. The van der Waals surface area contributed by atoms with E-state index in [2.05, 4.69) is 5.10 Å². The minimum atomic E-state index is -1.11. The molecular formula is C11H18FN3. The van der Waals surface area contributed by atoms with Crippen LogP contribution in [-0.4, -0.2) is 21.5 Å². The molecule has 1 aromatic heterocycles. The number of aryl methyl sites for hydroxylation is 1. The predicted octanol–water partition coefficient (Wildman–Crippen LogP) is 1.57. The van der Waals surface area contributed by atoms with Crippen molar-refractivity contribution in [1.82, 2.24) is 9.78 Å². The van der Waals surface area contributed by atoms with Gasteiger partial charge in [-0.3, -0.25) is 4.68 Å². The molecule has 84 valence electrons. The first-order valence-corrected chi connectivity index (χ1v) is 5.49. The van der Waals surface area contributed by atoms with Crippen molar-refractivity contribution >= 4 is 0 Å². The number of nitrogens with zero attached hydrogens (tertiary/aromatic N) is 2. The topological polar surface area (TPSA) is 43.8 Å².